The number of carbonyl (C=O) groups excluding carboxylic acids is 1. The Morgan fingerprint density at radius 3 is 2.70 bits per heavy atom. The minimum atomic E-state index is -0.632. The molecule has 6 rings (SSSR count). The minimum Gasteiger partial charge on any atom is -0.387 e. The monoisotopic (exact) mass is 569 g/mol. The van der Waals surface area contributed by atoms with E-state index in [0.717, 1.165) is 38.6 Å². The highest BCUT2D eigenvalue weighted by Gasteiger charge is 2.18. The van der Waals surface area contributed by atoms with E-state index in [1.807, 2.05) is 36.6 Å². The molecule has 0 aliphatic heterocycles. The maximum absolute atomic E-state index is 12.2. The van der Waals surface area contributed by atoms with Crippen molar-refractivity contribution in [3.8, 4) is 54.4 Å². The Morgan fingerprint density at radius 1 is 1.00 bits per heavy atom. The Hall–Kier alpha value is -5.08. The summed E-state index contributed by atoms with van der Waals surface area (Å²) in [6.07, 6.45) is 8.44. The van der Waals surface area contributed by atoms with E-state index in [0.29, 0.717) is 22.2 Å². The molecular weight excluding hydrogens is 550 g/mol. The Kier molecular flexibility index (Phi) is 6.91. The van der Waals surface area contributed by atoms with Gasteiger partial charge in [-0.15, -0.1) is 27.8 Å². The molecule has 0 unspecified atom stereocenters. The summed E-state index contributed by atoms with van der Waals surface area (Å²) < 4.78 is 5.04. The van der Waals surface area contributed by atoms with E-state index in [2.05, 4.69) is 40.8 Å². The number of aromatic nitrogens is 7. The van der Waals surface area contributed by atoms with E-state index in [1.165, 1.54) is 22.7 Å². The molecule has 6 heterocycles. The molecule has 2 amide bonds. The molecule has 6 aromatic heterocycles. The Balaban J connectivity index is 1.40. The average Bonchev–Trinajstić information content (AvgIpc) is 3.75. The van der Waals surface area contributed by atoms with Crippen LogP contribution in [0.4, 0.5) is 10.6 Å². The number of thiazole rings is 2. The van der Waals surface area contributed by atoms with Gasteiger partial charge in [-0.2, -0.15) is 0 Å². The lowest BCUT2D eigenvalue weighted by atomic mass is 10.0. The third-order valence-electron chi connectivity index (χ3n) is 5.60. The van der Waals surface area contributed by atoms with E-state index < -0.39 is 5.76 Å². The SMILES string of the molecule is CCNC(=O)Nc1cc(-c2nc(-c3ccccn3)cs2)c(-c2cncc(-c3ncc(-c4n[nH]c(=O)o4)s3)c2)cn1. The van der Waals surface area contributed by atoms with Gasteiger partial charge in [0.15, 0.2) is 0 Å². The number of nitrogens with one attached hydrogen (secondary N) is 3. The van der Waals surface area contributed by atoms with Crippen molar-refractivity contribution >= 4 is 34.5 Å². The zero-order chi connectivity index (χ0) is 27.5. The van der Waals surface area contributed by atoms with Crippen LogP contribution in [0.5, 0.6) is 0 Å². The summed E-state index contributed by atoms with van der Waals surface area (Å²) in [6, 6.07) is 9.05. The van der Waals surface area contributed by atoms with Crippen molar-refractivity contribution in [3.05, 3.63) is 77.2 Å². The normalized spacial score (nSPS) is 10.9. The van der Waals surface area contributed by atoms with E-state index >= 15 is 0 Å². The maximum atomic E-state index is 12.2. The van der Waals surface area contributed by atoms with Crippen molar-refractivity contribution in [2.24, 2.45) is 0 Å². The van der Waals surface area contributed by atoms with Gasteiger partial charge in [0.25, 0.3) is 5.89 Å². The Labute approximate surface area is 234 Å². The quantitative estimate of drug-likeness (QED) is 0.241. The molecular formula is C26H19N9O3S2. The average molecular weight is 570 g/mol. The third-order valence-corrected chi connectivity index (χ3v) is 7.51. The van der Waals surface area contributed by atoms with Gasteiger partial charge in [0.1, 0.15) is 26.4 Å². The predicted molar refractivity (Wildman–Crippen MR) is 152 cm³/mol. The highest BCUT2D eigenvalue weighted by Crippen LogP contribution is 2.38. The summed E-state index contributed by atoms with van der Waals surface area (Å²) in [5, 5.41) is 14.9. The summed E-state index contributed by atoms with van der Waals surface area (Å²) in [5.74, 6) is -0.0763. The first-order valence-electron chi connectivity index (χ1n) is 12.0. The number of rotatable bonds is 7. The molecule has 0 atom stereocenters. The summed E-state index contributed by atoms with van der Waals surface area (Å²) in [5.41, 5.74) is 4.59. The van der Waals surface area contributed by atoms with Gasteiger partial charge in [-0.25, -0.2) is 29.6 Å². The standard InChI is InChI=1S/C26H19N9O3S2/c1-2-28-25(36)33-21-8-16(24-32-19(13-39-24)18-5-3-4-6-29-18)17(11-30-21)14-7-15(10-27-9-14)23-31-12-20(40-23)22-34-35-26(37)38-22/h3-13H,2H2,1H3,(H,35,37)(H2,28,30,33,36). The molecule has 6 aromatic rings. The van der Waals surface area contributed by atoms with Gasteiger partial charge in [-0.3, -0.25) is 15.3 Å². The molecule has 198 valence electrons. The van der Waals surface area contributed by atoms with Gasteiger partial charge in [-0.1, -0.05) is 6.07 Å². The molecule has 0 spiro atoms. The first-order valence-corrected chi connectivity index (χ1v) is 13.7. The van der Waals surface area contributed by atoms with E-state index in [4.69, 9.17) is 9.40 Å². The van der Waals surface area contributed by atoms with Crippen molar-refractivity contribution in [2.45, 2.75) is 6.92 Å². The van der Waals surface area contributed by atoms with Gasteiger partial charge in [0, 0.05) is 59.0 Å². The van der Waals surface area contributed by atoms with Crippen LogP contribution in [0.1, 0.15) is 6.92 Å². The van der Waals surface area contributed by atoms with Crippen LogP contribution >= 0.6 is 22.7 Å². The first kappa shape index (κ1) is 25.2. The van der Waals surface area contributed by atoms with Gasteiger partial charge < -0.3 is 9.73 Å². The van der Waals surface area contributed by atoms with Crippen molar-refractivity contribution in [3.63, 3.8) is 0 Å². The molecule has 0 aliphatic rings. The van der Waals surface area contributed by atoms with Crippen molar-refractivity contribution in [1.82, 2.24) is 40.4 Å². The smallest absolute Gasteiger partial charge is 0.387 e. The number of H-pyrrole nitrogens is 1. The number of urea groups is 1. The van der Waals surface area contributed by atoms with Crippen molar-refractivity contribution < 1.29 is 9.21 Å². The predicted octanol–water partition coefficient (Wildman–Crippen LogP) is 4.94. The number of amides is 2. The van der Waals surface area contributed by atoms with Crippen LogP contribution < -0.4 is 16.4 Å². The van der Waals surface area contributed by atoms with Crippen LogP contribution in [-0.2, 0) is 0 Å². The molecule has 0 aromatic carbocycles. The number of carbonyl (C=O) groups is 1. The largest absolute Gasteiger partial charge is 0.434 e. The Bertz CT molecular complexity index is 1860. The number of pyridine rings is 3. The first-order chi connectivity index (χ1) is 19.6. The lowest BCUT2D eigenvalue weighted by molar-refractivity contribution is 0.252. The summed E-state index contributed by atoms with van der Waals surface area (Å²) >= 11 is 2.78. The van der Waals surface area contributed by atoms with Gasteiger partial charge >= 0.3 is 11.8 Å². The zero-order valence-corrected chi connectivity index (χ0v) is 22.4. The molecule has 0 radical (unpaired) electrons. The van der Waals surface area contributed by atoms with Crippen LogP contribution in [0.15, 0.2) is 75.9 Å². The maximum Gasteiger partial charge on any atom is 0.434 e. The Morgan fingerprint density at radius 2 is 1.90 bits per heavy atom. The van der Waals surface area contributed by atoms with E-state index in [-0.39, 0.29) is 11.9 Å². The van der Waals surface area contributed by atoms with Crippen LogP contribution in [0.2, 0.25) is 0 Å². The number of nitrogens with zero attached hydrogens (tertiary/aromatic N) is 6. The second-order valence-corrected chi connectivity index (χ2v) is 10.2. The zero-order valence-electron chi connectivity index (χ0n) is 20.8. The summed E-state index contributed by atoms with van der Waals surface area (Å²) in [6.45, 7) is 2.33. The fourth-order valence-corrected chi connectivity index (χ4v) is 5.49. The fourth-order valence-electron chi connectivity index (χ4n) is 3.83. The van der Waals surface area contributed by atoms with Gasteiger partial charge in [0.2, 0.25) is 0 Å². The number of hydrogen-bond acceptors (Lipinski definition) is 11. The summed E-state index contributed by atoms with van der Waals surface area (Å²) in [4.78, 5) is 46.7. The molecule has 0 saturated heterocycles. The highest BCUT2D eigenvalue weighted by atomic mass is 32.1. The lowest BCUT2D eigenvalue weighted by Gasteiger charge is -2.11. The fraction of sp³-hybridized carbons (Fsp3) is 0.0769. The molecule has 0 aliphatic carbocycles. The molecule has 40 heavy (non-hydrogen) atoms. The van der Waals surface area contributed by atoms with Crippen molar-refractivity contribution in [1.29, 1.82) is 0 Å². The second kappa shape index (κ2) is 11.0. The highest BCUT2D eigenvalue weighted by molar-refractivity contribution is 7.18. The van der Waals surface area contributed by atoms with Crippen LogP contribution in [0, 0.1) is 0 Å². The molecule has 0 saturated carbocycles. The molecule has 0 fully saturated rings. The molecule has 12 nitrogen and oxygen atoms in total. The van der Waals surface area contributed by atoms with Gasteiger partial charge in [-0.05, 0) is 31.2 Å². The van der Waals surface area contributed by atoms with E-state index in [9.17, 15) is 9.59 Å². The van der Waals surface area contributed by atoms with Crippen LogP contribution in [0.25, 0.3) is 54.4 Å². The molecule has 0 bridgehead atoms. The van der Waals surface area contributed by atoms with Gasteiger partial charge in [0.05, 0.1) is 11.9 Å². The number of anilines is 1. The van der Waals surface area contributed by atoms with Crippen LogP contribution in [0.3, 0.4) is 0 Å². The third kappa shape index (κ3) is 5.25. The number of hydrogen-bond donors (Lipinski definition) is 3. The van der Waals surface area contributed by atoms with Crippen LogP contribution in [-0.4, -0.2) is 47.7 Å². The number of aromatic amines is 1. The minimum absolute atomic E-state index is 0.173. The van der Waals surface area contributed by atoms with Crippen molar-refractivity contribution in [2.75, 3.05) is 11.9 Å². The molecule has 14 heteroatoms. The topological polar surface area (TPSA) is 164 Å². The van der Waals surface area contributed by atoms with E-state index in [1.54, 1.807) is 37.1 Å². The molecule has 3 N–H and O–H groups in total. The summed E-state index contributed by atoms with van der Waals surface area (Å²) in [7, 11) is 0. The second-order valence-electron chi connectivity index (χ2n) is 8.26. The lowest BCUT2D eigenvalue weighted by Crippen LogP contribution is -2.28.